The van der Waals surface area contributed by atoms with E-state index in [9.17, 15) is 0 Å². The van der Waals surface area contributed by atoms with Gasteiger partial charge >= 0.3 is 0 Å². The van der Waals surface area contributed by atoms with Crippen LogP contribution in [0.3, 0.4) is 0 Å². The number of hydrogen-bond acceptors (Lipinski definition) is 3. The van der Waals surface area contributed by atoms with Gasteiger partial charge < -0.3 is 5.32 Å². The topological polar surface area (TPSA) is 53.6 Å². The van der Waals surface area contributed by atoms with Gasteiger partial charge in [0.1, 0.15) is 17.5 Å². The Morgan fingerprint density at radius 1 is 1.41 bits per heavy atom. The standard InChI is InChI=1S/C12H11BrN4/c1-8-9(7-14)12(17(2)16-8)15-11-6-4-3-5-10(11)13/h3-6,15H,1-2H3. The Morgan fingerprint density at radius 3 is 2.76 bits per heavy atom. The molecule has 5 heteroatoms. The lowest BCUT2D eigenvalue weighted by molar-refractivity contribution is 0.765. The minimum absolute atomic E-state index is 0.572. The predicted octanol–water partition coefficient (Wildman–Crippen LogP) is 3.11. The number of rotatable bonds is 2. The minimum atomic E-state index is 0.572. The van der Waals surface area contributed by atoms with Crippen LogP contribution in [0.4, 0.5) is 11.5 Å². The highest BCUT2D eigenvalue weighted by atomic mass is 79.9. The van der Waals surface area contributed by atoms with Crippen LogP contribution in [0.1, 0.15) is 11.3 Å². The van der Waals surface area contributed by atoms with Crippen LogP contribution in [0.15, 0.2) is 28.7 Å². The molecule has 0 unspecified atom stereocenters. The van der Waals surface area contributed by atoms with Gasteiger partial charge in [0.2, 0.25) is 0 Å². The molecule has 0 amide bonds. The van der Waals surface area contributed by atoms with Gasteiger partial charge in [0.05, 0.1) is 11.4 Å². The van der Waals surface area contributed by atoms with E-state index in [1.54, 1.807) is 4.68 Å². The summed E-state index contributed by atoms with van der Waals surface area (Å²) >= 11 is 3.46. The fourth-order valence-corrected chi connectivity index (χ4v) is 2.01. The van der Waals surface area contributed by atoms with Crippen molar-refractivity contribution in [1.29, 1.82) is 5.26 Å². The summed E-state index contributed by atoms with van der Waals surface area (Å²) in [6.07, 6.45) is 0. The Morgan fingerprint density at radius 2 is 2.12 bits per heavy atom. The van der Waals surface area contributed by atoms with Crippen LogP contribution in [0.25, 0.3) is 0 Å². The second-order valence-corrected chi connectivity index (χ2v) is 4.50. The molecule has 1 aromatic carbocycles. The monoisotopic (exact) mass is 290 g/mol. The summed E-state index contributed by atoms with van der Waals surface area (Å²) in [5.41, 5.74) is 2.21. The SMILES string of the molecule is Cc1nn(C)c(Nc2ccccc2Br)c1C#N. The maximum atomic E-state index is 9.10. The van der Waals surface area contributed by atoms with Crippen molar-refractivity contribution < 1.29 is 0 Å². The molecule has 0 fully saturated rings. The number of aromatic nitrogens is 2. The van der Waals surface area contributed by atoms with Crippen molar-refractivity contribution in [2.24, 2.45) is 7.05 Å². The normalized spacial score (nSPS) is 10.0. The lowest BCUT2D eigenvalue weighted by Crippen LogP contribution is -2.00. The molecule has 1 heterocycles. The summed E-state index contributed by atoms with van der Waals surface area (Å²) in [6.45, 7) is 1.82. The Hall–Kier alpha value is -1.80. The summed E-state index contributed by atoms with van der Waals surface area (Å²) in [6, 6.07) is 9.92. The average Bonchev–Trinajstić information content (AvgIpc) is 2.56. The van der Waals surface area contributed by atoms with Gasteiger partial charge in [-0.25, -0.2) is 0 Å². The number of anilines is 2. The molecule has 86 valence electrons. The number of nitrogens with one attached hydrogen (secondary N) is 1. The largest absolute Gasteiger partial charge is 0.338 e. The number of aryl methyl sites for hydroxylation is 2. The first kappa shape index (κ1) is 11.7. The van der Waals surface area contributed by atoms with Crippen molar-refractivity contribution in [2.45, 2.75) is 6.92 Å². The first-order valence-corrected chi connectivity index (χ1v) is 5.88. The predicted molar refractivity (Wildman–Crippen MR) is 70.1 cm³/mol. The van der Waals surface area contributed by atoms with Crippen LogP contribution in [-0.4, -0.2) is 9.78 Å². The zero-order chi connectivity index (χ0) is 12.4. The molecular weight excluding hydrogens is 280 g/mol. The molecule has 2 rings (SSSR count). The first-order chi connectivity index (χ1) is 8.13. The van der Waals surface area contributed by atoms with Gasteiger partial charge in [-0.15, -0.1) is 0 Å². The summed E-state index contributed by atoms with van der Waals surface area (Å²) in [5, 5.41) is 16.5. The van der Waals surface area contributed by atoms with Crippen LogP contribution >= 0.6 is 15.9 Å². The highest BCUT2D eigenvalue weighted by Crippen LogP contribution is 2.27. The molecule has 0 atom stereocenters. The number of hydrogen-bond donors (Lipinski definition) is 1. The van der Waals surface area contributed by atoms with Crippen molar-refractivity contribution in [1.82, 2.24) is 9.78 Å². The second-order valence-electron chi connectivity index (χ2n) is 3.65. The van der Waals surface area contributed by atoms with Gasteiger partial charge in [0.25, 0.3) is 0 Å². The fourth-order valence-electron chi connectivity index (χ4n) is 1.63. The number of nitrogens with zero attached hydrogens (tertiary/aromatic N) is 3. The van der Waals surface area contributed by atoms with Gasteiger partial charge in [-0.1, -0.05) is 12.1 Å². The van der Waals surface area contributed by atoms with Crippen LogP contribution in [-0.2, 0) is 7.05 Å². The van der Waals surface area contributed by atoms with Crippen LogP contribution in [0.2, 0.25) is 0 Å². The van der Waals surface area contributed by atoms with Crippen molar-refractivity contribution in [3.63, 3.8) is 0 Å². The maximum Gasteiger partial charge on any atom is 0.146 e. The number of benzene rings is 1. The molecule has 0 aliphatic carbocycles. The third-order valence-electron chi connectivity index (χ3n) is 2.46. The molecule has 1 N–H and O–H groups in total. The minimum Gasteiger partial charge on any atom is -0.338 e. The van der Waals surface area contributed by atoms with E-state index in [0.29, 0.717) is 11.4 Å². The molecule has 17 heavy (non-hydrogen) atoms. The molecule has 0 radical (unpaired) electrons. The zero-order valence-corrected chi connectivity index (χ0v) is 11.1. The van der Waals surface area contributed by atoms with Gasteiger partial charge in [0, 0.05) is 11.5 Å². The molecule has 0 bridgehead atoms. The summed E-state index contributed by atoms with van der Waals surface area (Å²) in [5.74, 6) is 0.705. The fraction of sp³-hybridized carbons (Fsp3) is 0.167. The lowest BCUT2D eigenvalue weighted by atomic mass is 10.2. The second kappa shape index (κ2) is 4.60. The first-order valence-electron chi connectivity index (χ1n) is 5.08. The summed E-state index contributed by atoms with van der Waals surface area (Å²) < 4.78 is 2.62. The number of halogens is 1. The van der Waals surface area contributed by atoms with Crippen LogP contribution in [0, 0.1) is 18.3 Å². The molecule has 0 saturated heterocycles. The van der Waals surface area contributed by atoms with Crippen molar-refractivity contribution in [2.75, 3.05) is 5.32 Å². The van der Waals surface area contributed by atoms with E-state index < -0.39 is 0 Å². The van der Waals surface area contributed by atoms with E-state index in [-0.39, 0.29) is 0 Å². The van der Waals surface area contributed by atoms with E-state index >= 15 is 0 Å². The van der Waals surface area contributed by atoms with Crippen molar-refractivity contribution >= 4 is 27.4 Å². The highest BCUT2D eigenvalue weighted by molar-refractivity contribution is 9.10. The Kier molecular flexibility index (Phi) is 3.16. The maximum absolute atomic E-state index is 9.10. The van der Waals surface area contributed by atoms with Gasteiger partial charge in [0.15, 0.2) is 0 Å². The molecule has 0 aliphatic rings. The number of para-hydroxylation sites is 1. The van der Waals surface area contributed by atoms with Gasteiger partial charge in [-0.2, -0.15) is 10.4 Å². The number of nitriles is 1. The third-order valence-corrected chi connectivity index (χ3v) is 3.15. The third kappa shape index (κ3) is 2.17. The molecule has 4 nitrogen and oxygen atoms in total. The molecule has 0 spiro atoms. The van der Waals surface area contributed by atoms with Crippen LogP contribution < -0.4 is 5.32 Å². The molecular formula is C12H11BrN4. The van der Waals surface area contributed by atoms with E-state index in [2.05, 4.69) is 32.4 Å². The summed E-state index contributed by atoms with van der Waals surface area (Å²) in [4.78, 5) is 0. The smallest absolute Gasteiger partial charge is 0.146 e. The van der Waals surface area contributed by atoms with Crippen molar-refractivity contribution in [3.8, 4) is 6.07 Å². The lowest BCUT2D eigenvalue weighted by Gasteiger charge is -2.08. The molecule has 2 aromatic rings. The van der Waals surface area contributed by atoms with Gasteiger partial charge in [-0.05, 0) is 35.0 Å². The highest BCUT2D eigenvalue weighted by Gasteiger charge is 2.13. The molecule has 0 saturated carbocycles. The molecule has 0 aliphatic heterocycles. The Bertz CT molecular complexity index is 595. The van der Waals surface area contributed by atoms with Crippen LogP contribution in [0.5, 0.6) is 0 Å². The molecule has 1 aromatic heterocycles. The summed E-state index contributed by atoms with van der Waals surface area (Å²) in [7, 11) is 1.81. The van der Waals surface area contributed by atoms with Gasteiger partial charge in [-0.3, -0.25) is 4.68 Å². The Labute approximate surface area is 108 Å². The zero-order valence-electron chi connectivity index (χ0n) is 9.53. The van der Waals surface area contributed by atoms with Crippen molar-refractivity contribution in [3.05, 3.63) is 40.0 Å². The van der Waals surface area contributed by atoms with E-state index in [1.807, 2.05) is 38.2 Å². The van der Waals surface area contributed by atoms with E-state index in [1.165, 1.54) is 0 Å². The Balaban J connectivity index is 2.44. The quantitative estimate of drug-likeness (QED) is 0.925. The average molecular weight is 291 g/mol. The van der Waals surface area contributed by atoms with E-state index in [4.69, 9.17) is 5.26 Å². The van der Waals surface area contributed by atoms with E-state index in [0.717, 1.165) is 15.9 Å².